The van der Waals surface area contributed by atoms with Gasteiger partial charge in [-0.25, -0.2) is 13.1 Å². The number of hydrogen-bond acceptors (Lipinski definition) is 2. The molecular weight excluding hydrogens is 441 g/mol. The summed E-state index contributed by atoms with van der Waals surface area (Å²) in [5, 5.41) is 0.789. The Morgan fingerprint density at radius 1 is 1.26 bits per heavy atom. The Morgan fingerprint density at radius 3 is 2.16 bits per heavy atom. The Balaban J connectivity index is 2.40. The van der Waals surface area contributed by atoms with Crippen LogP contribution in [0.2, 0.25) is 10.0 Å². The van der Waals surface area contributed by atoms with Gasteiger partial charge in [0, 0.05) is 15.3 Å². The van der Waals surface area contributed by atoms with Crippen LogP contribution in [0.15, 0.2) is 21.5 Å². The maximum atomic E-state index is 12.4. The Kier molecular flexibility index (Phi) is 4.91. The smallest absolute Gasteiger partial charge is 0.207 e. The van der Waals surface area contributed by atoms with E-state index in [2.05, 4.69) is 36.6 Å². The number of halogens is 4. The van der Waals surface area contributed by atoms with Crippen molar-refractivity contribution in [3.63, 3.8) is 0 Å². The molecule has 19 heavy (non-hydrogen) atoms. The zero-order valence-electron chi connectivity index (χ0n) is 9.72. The summed E-state index contributed by atoms with van der Waals surface area (Å²) in [6.07, 6.45) is 2.63. The van der Waals surface area contributed by atoms with Gasteiger partial charge in [0.2, 0.25) is 10.0 Å². The lowest BCUT2D eigenvalue weighted by atomic mass is 9.80. The molecule has 0 unspecified atom stereocenters. The minimum atomic E-state index is -3.73. The number of sulfonamides is 1. The van der Waals surface area contributed by atoms with Crippen LogP contribution >= 0.6 is 55.1 Å². The van der Waals surface area contributed by atoms with Gasteiger partial charge < -0.3 is 0 Å². The van der Waals surface area contributed by atoms with Crippen molar-refractivity contribution in [1.29, 1.82) is 0 Å². The van der Waals surface area contributed by atoms with Gasteiger partial charge in [-0.15, -0.1) is 0 Å². The average Bonchev–Trinajstić information content (AvgIpc) is 2.21. The molecule has 0 atom stereocenters. The van der Waals surface area contributed by atoms with Gasteiger partial charge in [-0.05, 0) is 31.4 Å². The van der Waals surface area contributed by atoms with Crippen molar-refractivity contribution < 1.29 is 8.42 Å². The van der Waals surface area contributed by atoms with E-state index in [1.54, 1.807) is 0 Å². The number of benzene rings is 1. The first kappa shape index (κ1) is 16.0. The fourth-order valence-electron chi connectivity index (χ4n) is 1.99. The molecule has 1 aromatic rings. The van der Waals surface area contributed by atoms with Crippen LogP contribution in [0, 0.1) is 0 Å². The predicted molar refractivity (Wildman–Crippen MR) is 84.9 cm³/mol. The molecular formula is C11H11Br2Cl2NO2S. The highest BCUT2D eigenvalue weighted by atomic mass is 79.9. The van der Waals surface area contributed by atoms with E-state index in [9.17, 15) is 8.42 Å². The average molecular weight is 452 g/mol. The third kappa shape index (κ3) is 3.30. The third-order valence-electron chi connectivity index (χ3n) is 3.15. The normalized spacial score (nSPS) is 18.1. The predicted octanol–water partition coefficient (Wildman–Crippen LogP) is 4.35. The van der Waals surface area contributed by atoms with Gasteiger partial charge in [0.15, 0.2) is 0 Å². The van der Waals surface area contributed by atoms with Crippen molar-refractivity contribution in [3.05, 3.63) is 26.7 Å². The molecule has 1 aromatic carbocycles. The Labute approximate surface area is 139 Å². The van der Waals surface area contributed by atoms with Gasteiger partial charge in [0.05, 0.1) is 10.0 Å². The lowest BCUT2D eigenvalue weighted by Gasteiger charge is -2.40. The van der Waals surface area contributed by atoms with Crippen molar-refractivity contribution in [3.8, 4) is 0 Å². The molecule has 8 heteroatoms. The standard InChI is InChI=1S/C11H11Br2Cl2NO2S/c12-6-11(2-1-3-11)16-19(17,18)10-8(14)4-7(13)5-9(10)15/h4-5,16H,1-3,6H2. The third-order valence-corrected chi connectivity index (χ3v) is 7.18. The first-order valence-electron chi connectivity index (χ1n) is 5.54. The summed E-state index contributed by atoms with van der Waals surface area (Å²) in [6, 6.07) is 3.03. The van der Waals surface area contributed by atoms with Crippen LogP contribution in [0.4, 0.5) is 0 Å². The summed E-state index contributed by atoms with van der Waals surface area (Å²) in [7, 11) is -3.73. The van der Waals surface area contributed by atoms with Crippen LogP contribution < -0.4 is 4.72 Å². The molecule has 0 heterocycles. The zero-order chi connectivity index (χ0) is 14.3. The molecule has 1 fully saturated rings. The first-order valence-corrected chi connectivity index (χ1v) is 9.69. The van der Waals surface area contributed by atoms with E-state index in [0.717, 1.165) is 19.3 Å². The molecule has 106 valence electrons. The fraction of sp³-hybridized carbons (Fsp3) is 0.455. The minimum absolute atomic E-state index is 0.0636. The van der Waals surface area contributed by atoms with Crippen LogP contribution in [0.3, 0.4) is 0 Å². The molecule has 1 aliphatic rings. The highest BCUT2D eigenvalue weighted by Crippen LogP contribution is 2.38. The van der Waals surface area contributed by atoms with E-state index in [1.807, 2.05) is 0 Å². The van der Waals surface area contributed by atoms with Crippen molar-refractivity contribution >= 4 is 65.1 Å². The maximum absolute atomic E-state index is 12.4. The Hall–Kier alpha value is 0.670. The van der Waals surface area contributed by atoms with E-state index in [4.69, 9.17) is 23.2 Å². The van der Waals surface area contributed by atoms with E-state index < -0.39 is 15.6 Å². The summed E-state index contributed by atoms with van der Waals surface area (Å²) in [4.78, 5) is -0.0636. The van der Waals surface area contributed by atoms with E-state index in [-0.39, 0.29) is 14.9 Å². The van der Waals surface area contributed by atoms with Gasteiger partial charge in [0.25, 0.3) is 0 Å². The van der Waals surface area contributed by atoms with Crippen LogP contribution in [0.1, 0.15) is 19.3 Å². The molecule has 1 saturated carbocycles. The topological polar surface area (TPSA) is 46.2 Å². The number of nitrogens with one attached hydrogen (secondary N) is 1. The van der Waals surface area contributed by atoms with Crippen LogP contribution in [0.25, 0.3) is 0 Å². The van der Waals surface area contributed by atoms with E-state index in [0.29, 0.717) is 9.80 Å². The van der Waals surface area contributed by atoms with Crippen molar-refractivity contribution in [2.45, 2.75) is 29.7 Å². The monoisotopic (exact) mass is 449 g/mol. The van der Waals surface area contributed by atoms with Crippen LogP contribution in [0.5, 0.6) is 0 Å². The number of rotatable bonds is 4. The Bertz CT molecular complexity index is 574. The maximum Gasteiger partial charge on any atom is 0.244 e. The molecule has 1 aliphatic carbocycles. The molecule has 0 aromatic heterocycles. The molecule has 0 bridgehead atoms. The summed E-state index contributed by atoms with van der Waals surface area (Å²) >= 11 is 18.6. The lowest BCUT2D eigenvalue weighted by molar-refractivity contribution is 0.256. The quantitative estimate of drug-likeness (QED) is 0.691. The largest absolute Gasteiger partial charge is 0.244 e. The summed E-state index contributed by atoms with van der Waals surface area (Å²) in [5.41, 5.74) is -0.418. The highest BCUT2D eigenvalue weighted by molar-refractivity contribution is 9.10. The fourth-order valence-corrected chi connectivity index (χ4v) is 6.27. The minimum Gasteiger partial charge on any atom is -0.207 e. The molecule has 0 saturated heterocycles. The molecule has 3 nitrogen and oxygen atoms in total. The number of alkyl halides is 1. The van der Waals surface area contributed by atoms with E-state index in [1.165, 1.54) is 12.1 Å². The molecule has 1 N–H and O–H groups in total. The zero-order valence-corrected chi connectivity index (χ0v) is 15.2. The van der Waals surface area contributed by atoms with Gasteiger partial charge in [-0.1, -0.05) is 55.1 Å². The molecule has 0 amide bonds. The van der Waals surface area contributed by atoms with Gasteiger partial charge in [0.1, 0.15) is 4.90 Å². The van der Waals surface area contributed by atoms with Crippen molar-refractivity contribution in [2.75, 3.05) is 5.33 Å². The van der Waals surface area contributed by atoms with Gasteiger partial charge in [-0.3, -0.25) is 0 Å². The summed E-state index contributed by atoms with van der Waals surface area (Å²) in [6.45, 7) is 0. The Morgan fingerprint density at radius 2 is 1.79 bits per heavy atom. The summed E-state index contributed by atoms with van der Waals surface area (Å²) in [5.74, 6) is 0. The SMILES string of the molecule is O=S(=O)(NC1(CBr)CCC1)c1c(Cl)cc(Br)cc1Cl. The molecule has 0 aliphatic heterocycles. The second kappa shape index (κ2) is 5.81. The van der Waals surface area contributed by atoms with Crippen LogP contribution in [-0.2, 0) is 10.0 Å². The van der Waals surface area contributed by atoms with E-state index >= 15 is 0 Å². The molecule has 2 rings (SSSR count). The number of hydrogen-bond donors (Lipinski definition) is 1. The lowest BCUT2D eigenvalue weighted by Crippen LogP contribution is -2.54. The summed E-state index contributed by atoms with van der Waals surface area (Å²) < 4.78 is 28.2. The van der Waals surface area contributed by atoms with Crippen molar-refractivity contribution in [1.82, 2.24) is 4.72 Å². The molecule has 0 radical (unpaired) electrons. The first-order chi connectivity index (χ1) is 8.80. The highest BCUT2D eigenvalue weighted by Gasteiger charge is 2.40. The van der Waals surface area contributed by atoms with Crippen LogP contribution in [-0.4, -0.2) is 19.3 Å². The van der Waals surface area contributed by atoms with Gasteiger partial charge >= 0.3 is 0 Å². The van der Waals surface area contributed by atoms with Gasteiger partial charge in [-0.2, -0.15) is 0 Å². The second-order valence-corrected chi connectivity index (χ2v) is 8.48. The van der Waals surface area contributed by atoms with Crippen molar-refractivity contribution in [2.24, 2.45) is 0 Å². The molecule has 0 spiro atoms. The second-order valence-electron chi connectivity index (χ2n) is 4.57.